The van der Waals surface area contributed by atoms with Gasteiger partial charge in [-0.25, -0.2) is 0 Å². The summed E-state index contributed by atoms with van der Waals surface area (Å²) in [4.78, 5) is 10.1. The Bertz CT molecular complexity index is 196. The van der Waals surface area contributed by atoms with Gasteiger partial charge >= 0.3 is 0 Å². The van der Waals surface area contributed by atoms with Gasteiger partial charge in [-0.1, -0.05) is 83.3 Å². The normalized spacial score (nSPS) is 11.2. The molecule has 0 unspecified atom stereocenters. The van der Waals surface area contributed by atoms with Gasteiger partial charge in [0.05, 0.1) is 0 Å². The minimum atomic E-state index is 0.675. The number of hydrogen-bond donors (Lipinski definition) is 0. The van der Waals surface area contributed by atoms with E-state index in [-0.39, 0.29) is 0 Å². The molecule has 112 valence electrons. The van der Waals surface area contributed by atoms with Crippen LogP contribution >= 0.6 is 0 Å². The fourth-order valence-electron chi connectivity index (χ4n) is 2.33. The molecule has 19 heavy (non-hydrogen) atoms. The lowest BCUT2D eigenvalue weighted by molar-refractivity contribution is -0.107. The van der Waals surface area contributed by atoms with E-state index in [9.17, 15) is 4.79 Å². The first-order valence-corrected chi connectivity index (χ1v) is 8.50. The molecule has 1 nitrogen and oxygen atoms in total. The highest BCUT2D eigenvalue weighted by atomic mass is 16.1. The zero-order chi connectivity index (χ0) is 14.0. The number of carbonyl (C=O) groups is 1. The topological polar surface area (TPSA) is 17.1 Å². The average Bonchev–Trinajstić information content (AvgIpc) is 2.43. The van der Waals surface area contributed by atoms with Gasteiger partial charge in [-0.15, -0.1) is 0 Å². The van der Waals surface area contributed by atoms with Crippen molar-refractivity contribution in [2.24, 2.45) is 0 Å². The third-order valence-electron chi connectivity index (χ3n) is 3.59. The summed E-state index contributed by atoms with van der Waals surface area (Å²) in [5.74, 6) is 0. The monoisotopic (exact) mass is 266 g/mol. The Balaban J connectivity index is 2.98. The molecule has 0 spiro atoms. The maximum atomic E-state index is 10.1. The zero-order valence-electron chi connectivity index (χ0n) is 13.0. The Morgan fingerprint density at radius 2 is 1.05 bits per heavy atom. The molecule has 1 heteroatoms. The lowest BCUT2D eigenvalue weighted by Crippen LogP contribution is -1.82. The molecule has 0 bridgehead atoms. The van der Waals surface area contributed by atoms with E-state index in [4.69, 9.17) is 0 Å². The number of rotatable bonds is 15. The molecule has 0 aromatic rings. The van der Waals surface area contributed by atoms with Crippen molar-refractivity contribution in [2.45, 2.75) is 96.8 Å². The van der Waals surface area contributed by atoms with Crippen LogP contribution in [-0.4, -0.2) is 6.29 Å². The van der Waals surface area contributed by atoms with Crippen LogP contribution in [0.4, 0.5) is 0 Å². The van der Waals surface area contributed by atoms with Crippen LogP contribution < -0.4 is 0 Å². The fraction of sp³-hybridized carbons (Fsp3) is 0.833. The molecule has 0 aliphatic rings. The fourth-order valence-corrected chi connectivity index (χ4v) is 2.33. The minimum Gasteiger partial charge on any atom is -0.303 e. The van der Waals surface area contributed by atoms with Crippen LogP contribution in [0.1, 0.15) is 96.8 Å². The predicted molar refractivity (Wildman–Crippen MR) is 85.5 cm³/mol. The largest absolute Gasteiger partial charge is 0.303 e. The molecular weight excluding hydrogens is 232 g/mol. The van der Waals surface area contributed by atoms with E-state index in [0.29, 0.717) is 6.42 Å². The van der Waals surface area contributed by atoms with E-state index in [2.05, 4.69) is 19.1 Å². The summed E-state index contributed by atoms with van der Waals surface area (Å²) < 4.78 is 0. The van der Waals surface area contributed by atoms with Gasteiger partial charge < -0.3 is 4.79 Å². The highest BCUT2D eigenvalue weighted by Crippen LogP contribution is 2.12. The Hall–Kier alpha value is -0.590. The molecular formula is C18H34O. The highest BCUT2D eigenvalue weighted by Gasteiger charge is 1.92. The molecule has 0 amide bonds. The molecule has 0 aromatic heterocycles. The van der Waals surface area contributed by atoms with Gasteiger partial charge in [0.15, 0.2) is 0 Å². The van der Waals surface area contributed by atoms with E-state index < -0.39 is 0 Å². The molecule has 0 radical (unpaired) electrons. The standard InChI is InChI=1S/C18H34O/c1-2-3-4-5-6-7-8-9-10-11-12-13-14-15-16-17-18-19/h14-15,18H,2-13,16-17H2,1H3/b15-14-. The van der Waals surface area contributed by atoms with Crippen molar-refractivity contribution in [3.8, 4) is 0 Å². The number of unbranched alkanes of at least 4 members (excludes halogenated alkanes) is 12. The van der Waals surface area contributed by atoms with Crippen LogP contribution in [-0.2, 0) is 4.79 Å². The van der Waals surface area contributed by atoms with Crippen molar-refractivity contribution in [1.29, 1.82) is 0 Å². The smallest absolute Gasteiger partial charge is 0.120 e. The first-order chi connectivity index (χ1) is 9.41. The van der Waals surface area contributed by atoms with Crippen LogP contribution in [0.25, 0.3) is 0 Å². The molecule has 0 fully saturated rings. The molecule has 0 saturated heterocycles. The molecule has 0 aromatic carbocycles. The number of allylic oxidation sites excluding steroid dienone is 2. The molecule has 0 atom stereocenters. The molecule has 0 saturated carbocycles. The van der Waals surface area contributed by atoms with Crippen molar-refractivity contribution >= 4 is 6.29 Å². The van der Waals surface area contributed by atoms with Crippen molar-refractivity contribution in [1.82, 2.24) is 0 Å². The minimum absolute atomic E-state index is 0.675. The van der Waals surface area contributed by atoms with Gasteiger partial charge in [-0.3, -0.25) is 0 Å². The van der Waals surface area contributed by atoms with Gasteiger partial charge in [0, 0.05) is 6.42 Å². The Labute approximate surface area is 120 Å². The van der Waals surface area contributed by atoms with E-state index in [1.165, 1.54) is 77.0 Å². The molecule has 0 rings (SSSR count). The van der Waals surface area contributed by atoms with Crippen LogP contribution in [0.2, 0.25) is 0 Å². The quantitative estimate of drug-likeness (QED) is 0.195. The second-order valence-electron chi connectivity index (χ2n) is 5.54. The van der Waals surface area contributed by atoms with Crippen molar-refractivity contribution < 1.29 is 4.79 Å². The van der Waals surface area contributed by atoms with E-state index in [0.717, 1.165) is 12.7 Å². The third kappa shape index (κ3) is 17.4. The van der Waals surface area contributed by atoms with Crippen LogP contribution in [0, 0.1) is 0 Å². The van der Waals surface area contributed by atoms with Gasteiger partial charge in [0.25, 0.3) is 0 Å². The number of hydrogen-bond acceptors (Lipinski definition) is 1. The summed E-state index contributed by atoms with van der Waals surface area (Å²) in [6.07, 6.45) is 23.6. The van der Waals surface area contributed by atoms with Gasteiger partial charge in [0.2, 0.25) is 0 Å². The van der Waals surface area contributed by atoms with Gasteiger partial charge in [-0.2, -0.15) is 0 Å². The summed E-state index contributed by atoms with van der Waals surface area (Å²) in [6.45, 7) is 2.28. The van der Waals surface area contributed by atoms with Gasteiger partial charge in [0.1, 0.15) is 6.29 Å². The van der Waals surface area contributed by atoms with E-state index in [1.54, 1.807) is 0 Å². The second kappa shape index (κ2) is 17.4. The second-order valence-corrected chi connectivity index (χ2v) is 5.54. The van der Waals surface area contributed by atoms with Gasteiger partial charge in [-0.05, 0) is 19.3 Å². The van der Waals surface area contributed by atoms with Crippen molar-refractivity contribution in [3.63, 3.8) is 0 Å². The third-order valence-corrected chi connectivity index (χ3v) is 3.59. The first-order valence-electron chi connectivity index (χ1n) is 8.50. The molecule has 0 heterocycles. The zero-order valence-corrected chi connectivity index (χ0v) is 13.0. The van der Waals surface area contributed by atoms with Crippen molar-refractivity contribution in [3.05, 3.63) is 12.2 Å². The number of carbonyl (C=O) groups excluding carboxylic acids is 1. The lowest BCUT2D eigenvalue weighted by Gasteiger charge is -2.01. The Kier molecular flexibility index (Phi) is 16.9. The Morgan fingerprint density at radius 1 is 0.579 bits per heavy atom. The average molecular weight is 266 g/mol. The Morgan fingerprint density at radius 3 is 1.58 bits per heavy atom. The maximum Gasteiger partial charge on any atom is 0.120 e. The summed E-state index contributed by atoms with van der Waals surface area (Å²) in [5, 5.41) is 0. The van der Waals surface area contributed by atoms with E-state index in [1.807, 2.05) is 0 Å². The lowest BCUT2D eigenvalue weighted by atomic mass is 10.1. The molecule has 0 aliphatic heterocycles. The maximum absolute atomic E-state index is 10.1. The SMILES string of the molecule is CCCCCCCCCCCCC/C=C\CCC=O. The molecule has 0 aliphatic carbocycles. The first kappa shape index (κ1) is 18.4. The summed E-state index contributed by atoms with van der Waals surface area (Å²) in [7, 11) is 0. The van der Waals surface area contributed by atoms with Crippen LogP contribution in [0.3, 0.4) is 0 Å². The highest BCUT2D eigenvalue weighted by molar-refractivity contribution is 5.49. The summed E-state index contributed by atoms with van der Waals surface area (Å²) in [6, 6.07) is 0. The summed E-state index contributed by atoms with van der Waals surface area (Å²) >= 11 is 0. The van der Waals surface area contributed by atoms with Crippen LogP contribution in [0.15, 0.2) is 12.2 Å². The van der Waals surface area contributed by atoms with Crippen molar-refractivity contribution in [2.75, 3.05) is 0 Å². The van der Waals surface area contributed by atoms with E-state index >= 15 is 0 Å². The predicted octanol–water partition coefficient (Wildman–Crippen LogP) is 6.22. The summed E-state index contributed by atoms with van der Waals surface area (Å²) in [5.41, 5.74) is 0. The number of aldehydes is 1. The van der Waals surface area contributed by atoms with Crippen LogP contribution in [0.5, 0.6) is 0 Å². The molecule has 0 N–H and O–H groups in total.